The number of H-pyrrole nitrogens is 1. The van der Waals surface area contributed by atoms with Crippen molar-refractivity contribution in [2.75, 3.05) is 0 Å². The summed E-state index contributed by atoms with van der Waals surface area (Å²) in [6.07, 6.45) is 0. The summed E-state index contributed by atoms with van der Waals surface area (Å²) in [5, 5.41) is 3.05. The topological polar surface area (TPSA) is 33.6 Å². The molecule has 0 aliphatic carbocycles. The van der Waals surface area contributed by atoms with Gasteiger partial charge in [-0.15, -0.1) is 11.3 Å². The summed E-state index contributed by atoms with van der Waals surface area (Å²) in [6, 6.07) is 3.31. The molecule has 0 atom stereocenters. The fourth-order valence-corrected chi connectivity index (χ4v) is 2.96. The zero-order valence-corrected chi connectivity index (χ0v) is 12.2. The molecule has 0 saturated carbocycles. The average Bonchev–Trinajstić information content (AvgIpc) is 2.87. The molecule has 0 radical (unpaired) electrons. The zero-order valence-electron chi connectivity index (χ0n) is 10.5. The van der Waals surface area contributed by atoms with Crippen molar-refractivity contribution in [3.8, 4) is 0 Å². The minimum absolute atomic E-state index is 0.222. The van der Waals surface area contributed by atoms with Gasteiger partial charge in [0.05, 0.1) is 28.3 Å². The summed E-state index contributed by atoms with van der Waals surface area (Å²) < 4.78 is 16.1. The molecule has 3 rings (SSSR count). The molecule has 98 valence electrons. The molecule has 0 bridgehead atoms. The number of fused-ring (bicyclic) bond motifs is 1. The summed E-state index contributed by atoms with van der Waals surface area (Å²) in [5.74, 6) is -0.222. The van der Waals surface area contributed by atoms with Crippen molar-refractivity contribution in [1.82, 2.24) is 14.5 Å². The standard InChI is InChI=1S/C13H12FN3S2/c1-7-3-12-11(4-10(7)14)16-13(18)17(12)5-9-6-19-8(2)15-9/h3-4,6H,5H2,1-2H3,(H,16,18). The van der Waals surface area contributed by atoms with Crippen molar-refractivity contribution >= 4 is 34.6 Å². The molecule has 0 aliphatic rings. The minimum Gasteiger partial charge on any atom is -0.330 e. The summed E-state index contributed by atoms with van der Waals surface area (Å²) in [6.45, 7) is 4.33. The highest BCUT2D eigenvalue weighted by atomic mass is 32.1. The third-order valence-corrected chi connectivity index (χ3v) is 4.19. The number of aromatic nitrogens is 3. The lowest BCUT2D eigenvalue weighted by Gasteiger charge is -2.03. The Hall–Kier alpha value is -1.53. The van der Waals surface area contributed by atoms with Gasteiger partial charge in [0.25, 0.3) is 0 Å². The predicted octanol–water partition coefficient (Wildman–Crippen LogP) is 3.96. The first-order valence-electron chi connectivity index (χ1n) is 5.84. The Morgan fingerprint density at radius 1 is 1.42 bits per heavy atom. The maximum atomic E-state index is 13.5. The monoisotopic (exact) mass is 293 g/mol. The van der Waals surface area contributed by atoms with E-state index in [1.807, 2.05) is 22.9 Å². The molecule has 3 nitrogen and oxygen atoms in total. The number of imidazole rings is 1. The minimum atomic E-state index is -0.222. The average molecular weight is 293 g/mol. The highest BCUT2D eigenvalue weighted by Gasteiger charge is 2.09. The molecule has 6 heteroatoms. The molecule has 2 heterocycles. The van der Waals surface area contributed by atoms with Crippen LogP contribution in [-0.2, 0) is 6.54 Å². The van der Waals surface area contributed by atoms with Gasteiger partial charge >= 0.3 is 0 Å². The number of nitrogens with zero attached hydrogens (tertiary/aromatic N) is 2. The fourth-order valence-electron chi connectivity index (χ4n) is 2.08. The second kappa shape index (κ2) is 4.54. The Labute approximate surface area is 118 Å². The molecule has 1 N–H and O–H groups in total. The van der Waals surface area contributed by atoms with E-state index in [0.29, 0.717) is 16.9 Å². The van der Waals surface area contributed by atoms with E-state index >= 15 is 0 Å². The van der Waals surface area contributed by atoms with Crippen molar-refractivity contribution in [3.05, 3.63) is 44.4 Å². The van der Waals surface area contributed by atoms with Gasteiger partial charge in [0.1, 0.15) is 5.82 Å². The molecule has 0 aliphatic heterocycles. The Morgan fingerprint density at radius 2 is 2.21 bits per heavy atom. The molecular formula is C13H12FN3S2. The lowest BCUT2D eigenvalue weighted by atomic mass is 10.2. The zero-order chi connectivity index (χ0) is 13.6. The first kappa shape index (κ1) is 12.5. The second-order valence-corrected chi connectivity index (χ2v) is 5.94. The van der Waals surface area contributed by atoms with E-state index in [1.54, 1.807) is 18.3 Å². The van der Waals surface area contributed by atoms with Gasteiger partial charge in [-0.1, -0.05) is 0 Å². The van der Waals surface area contributed by atoms with E-state index < -0.39 is 0 Å². The third-order valence-electron chi connectivity index (χ3n) is 3.04. The Morgan fingerprint density at radius 3 is 2.89 bits per heavy atom. The van der Waals surface area contributed by atoms with Crippen molar-refractivity contribution < 1.29 is 4.39 Å². The summed E-state index contributed by atoms with van der Waals surface area (Å²) in [7, 11) is 0. The molecule has 0 spiro atoms. The van der Waals surface area contributed by atoms with Crippen molar-refractivity contribution in [3.63, 3.8) is 0 Å². The van der Waals surface area contributed by atoms with Crippen molar-refractivity contribution in [2.24, 2.45) is 0 Å². The van der Waals surface area contributed by atoms with Crippen LogP contribution in [0.15, 0.2) is 17.5 Å². The molecule has 0 fully saturated rings. The predicted molar refractivity (Wildman–Crippen MR) is 77.8 cm³/mol. The maximum Gasteiger partial charge on any atom is 0.178 e. The smallest absolute Gasteiger partial charge is 0.178 e. The van der Waals surface area contributed by atoms with Crippen LogP contribution in [0.3, 0.4) is 0 Å². The molecule has 1 aromatic carbocycles. The van der Waals surface area contributed by atoms with Crippen LogP contribution in [0.4, 0.5) is 4.39 Å². The van der Waals surface area contributed by atoms with E-state index in [2.05, 4.69) is 9.97 Å². The number of benzene rings is 1. The van der Waals surface area contributed by atoms with Gasteiger partial charge in [0.15, 0.2) is 4.77 Å². The lowest BCUT2D eigenvalue weighted by Crippen LogP contribution is -2.00. The Kier molecular flexibility index (Phi) is 2.99. The highest BCUT2D eigenvalue weighted by Crippen LogP contribution is 2.20. The molecule has 2 aromatic heterocycles. The van der Waals surface area contributed by atoms with Gasteiger partial charge < -0.3 is 9.55 Å². The number of thiazole rings is 1. The summed E-state index contributed by atoms with van der Waals surface area (Å²) in [4.78, 5) is 7.47. The van der Waals surface area contributed by atoms with Crippen LogP contribution in [0.25, 0.3) is 11.0 Å². The number of hydrogen-bond donors (Lipinski definition) is 1. The summed E-state index contributed by atoms with van der Waals surface area (Å²) in [5.41, 5.74) is 3.22. The van der Waals surface area contributed by atoms with Crippen LogP contribution in [0.2, 0.25) is 0 Å². The van der Waals surface area contributed by atoms with Crippen LogP contribution in [0.1, 0.15) is 16.3 Å². The van der Waals surface area contributed by atoms with Gasteiger partial charge in [-0.05, 0) is 43.8 Å². The molecule has 0 saturated heterocycles. The maximum absolute atomic E-state index is 13.5. The van der Waals surface area contributed by atoms with E-state index in [-0.39, 0.29) is 5.82 Å². The normalized spacial score (nSPS) is 11.3. The van der Waals surface area contributed by atoms with Gasteiger partial charge in [-0.3, -0.25) is 0 Å². The number of halogens is 1. The largest absolute Gasteiger partial charge is 0.330 e. The first-order valence-corrected chi connectivity index (χ1v) is 7.13. The van der Waals surface area contributed by atoms with E-state index in [4.69, 9.17) is 12.2 Å². The second-order valence-electron chi connectivity index (χ2n) is 4.49. The van der Waals surface area contributed by atoms with Gasteiger partial charge in [0.2, 0.25) is 0 Å². The number of hydrogen-bond acceptors (Lipinski definition) is 3. The SMILES string of the molecule is Cc1nc(Cn2c(=S)[nH]c3cc(F)c(C)cc32)cs1. The fraction of sp³-hybridized carbons (Fsp3) is 0.231. The van der Waals surface area contributed by atoms with E-state index in [9.17, 15) is 4.39 Å². The van der Waals surface area contributed by atoms with E-state index in [1.165, 1.54) is 6.07 Å². The van der Waals surface area contributed by atoms with Crippen molar-refractivity contribution in [1.29, 1.82) is 0 Å². The highest BCUT2D eigenvalue weighted by molar-refractivity contribution is 7.71. The molecule has 0 unspecified atom stereocenters. The third kappa shape index (κ3) is 2.21. The Bertz CT molecular complexity index is 813. The first-order chi connectivity index (χ1) is 9.04. The van der Waals surface area contributed by atoms with Crippen LogP contribution >= 0.6 is 23.6 Å². The van der Waals surface area contributed by atoms with Crippen LogP contribution in [0.5, 0.6) is 0 Å². The summed E-state index contributed by atoms with van der Waals surface area (Å²) >= 11 is 6.92. The van der Waals surface area contributed by atoms with Gasteiger partial charge in [-0.2, -0.15) is 0 Å². The molecule has 0 amide bonds. The molecular weight excluding hydrogens is 281 g/mol. The van der Waals surface area contributed by atoms with E-state index in [0.717, 1.165) is 21.7 Å². The van der Waals surface area contributed by atoms with Crippen LogP contribution in [0, 0.1) is 24.4 Å². The lowest BCUT2D eigenvalue weighted by molar-refractivity contribution is 0.620. The van der Waals surface area contributed by atoms with Crippen LogP contribution in [-0.4, -0.2) is 14.5 Å². The van der Waals surface area contributed by atoms with Crippen LogP contribution < -0.4 is 0 Å². The number of rotatable bonds is 2. The quantitative estimate of drug-likeness (QED) is 0.726. The van der Waals surface area contributed by atoms with Gasteiger partial charge in [-0.25, -0.2) is 9.37 Å². The molecule has 3 aromatic rings. The van der Waals surface area contributed by atoms with Crippen molar-refractivity contribution in [2.45, 2.75) is 20.4 Å². The Balaban J connectivity index is 2.15. The number of aryl methyl sites for hydroxylation is 2. The number of aromatic amines is 1. The number of nitrogens with one attached hydrogen (secondary N) is 1. The van der Waals surface area contributed by atoms with Gasteiger partial charge in [0, 0.05) is 5.38 Å². The molecule has 19 heavy (non-hydrogen) atoms.